The maximum absolute atomic E-state index is 12.1. The summed E-state index contributed by atoms with van der Waals surface area (Å²) < 4.78 is 0.659. The lowest BCUT2D eigenvalue weighted by molar-refractivity contribution is 1.03. The quantitative estimate of drug-likeness (QED) is 0.748. The average Bonchev–Trinajstić information content (AvgIpc) is 2.74. The van der Waals surface area contributed by atoms with Crippen molar-refractivity contribution in [2.24, 2.45) is 0 Å². The molecule has 6 heteroatoms. The molecule has 0 saturated carbocycles. The van der Waals surface area contributed by atoms with E-state index in [2.05, 4.69) is 15.0 Å². The molecule has 3 aromatic rings. The highest BCUT2D eigenvalue weighted by Gasteiger charge is 2.11. The van der Waals surface area contributed by atoms with Crippen LogP contribution in [0.2, 0.25) is 4.34 Å². The Balaban J connectivity index is 2.33. The fourth-order valence-corrected chi connectivity index (χ4v) is 3.07. The van der Waals surface area contributed by atoms with Crippen LogP contribution in [-0.2, 0) is 0 Å². The van der Waals surface area contributed by atoms with Crippen LogP contribution < -0.4 is 5.56 Å². The first-order valence-corrected chi connectivity index (χ1v) is 6.88. The third kappa shape index (κ3) is 2.15. The minimum absolute atomic E-state index is 0.163. The van der Waals surface area contributed by atoms with Crippen molar-refractivity contribution >= 4 is 34.0 Å². The van der Waals surface area contributed by atoms with Crippen molar-refractivity contribution in [3.63, 3.8) is 0 Å². The molecule has 0 fully saturated rings. The first-order chi connectivity index (χ1) is 9.04. The number of nitrogens with one attached hydrogen (secondary N) is 1. The Hall–Kier alpha value is -1.72. The molecule has 0 unspecified atom stereocenters. The normalized spacial score (nSPS) is 11.1. The molecule has 0 radical (unpaired) electrons. The van der Waals surface area contributed by atoms with Crippen molar-refractivity contribution < 1.29 is 0 Å². The molecule has 0 aromatic carbocycles. The summed E-state index contributed by atoms with van der Waals surface area (Å²) in [6, 6.07) is 5.45. The van der Waals surface area contributed by atoms with Gasteiger partial charge in [0.05, 0.1) is 15.6 Å². The van der Waals surface area contributed by atoms with Crippen molar-refractivity contribution in [3.05, 3.63) is 44.4 Å². The number of thiophene rings is 1. The first-order valence-electron chi connectivity index (χ1n) is 5.68. The Kier molecular flexibility index (Phi) is 2.88. The van der Waals surface area contributed by atoms with E-state index in [4.69, 9.17) is 11.6 Å². The van der Waals surface area contributed by atoms with E-state index in [1.165, 1.54) is 11.3 Å². The van der Waals surface area contributed by atoms with Gasteiger partial charge in [-0.3, -0.25) is 4.79 Å². The number of pyridine rings is 1. The van der Waals surface area contributed by atoms with Gasteiger partial charge in [-0.2, -0.15) is 0 Å². The number of nitrogens with zero attached hydrogens (tertiary/aromatic N) is 2. The van der Waals surface area contributed by atoms with E-state index >= 15 is 0 Å². The minimum Gasteiger partial charge on any atom is -0.306 e. The smallest absolute Gasteiger partial charge is 0.258 e. The Bertz CT molecular complexity index is 838. The third-order valence-electron chi connectivity index (χ3n) is 2.85. The van der Waals surface area contributed by atoms with Crippen LogP contribution in [0.5, 0.6) is 0 Å². The van der Waals surface area contributed by atoms with Crippen LogP contribution in [0.1, 0.15) is 11.5 Å². The van der Waals surface area contributed by atoms with Gasteiger partial charge in [-0.1, -0.05) is 11.6 Å². The molecule has 0 aliphatic heterocycles. The Morgan fingerprint density at radius 3 is 2.74 bits per heavy atom. The van der Waals surface area contributed by atoms with Crippen molar-refractivity contribution in [1.29, 1.82) is 0 Å². The second-order valence-corrected chi connectivity index (χ2v) is 5.95. The standard InChI is InChI=1S/C13H10ClN3OS/c1-6-8-5-9(10-3-4-11(14)19-10)13(18)17-12(8)16-7(2)15-6/h3-5H,1-2H3,(H,15,16,17,18). The Labute approximate surface area is 118 Å². The zero-order valence-electron chi connectivity index (χ0n) is 10.3. The first kappa shape index (κ1) is 12.3. The largest absolute Gasteiger partial charge is 0.306 e. The molecule has 0 spiro atoms. The number of hydrogen-bond acceptors (Lipinski definition) is 4. The predicted octanol–water partition coefficient (Wildman–Crippen LogP) is 3.32. The number of aryl methyl sites for hydroxylation is 2. The molecule has 4 nitrogen and oxygen atoms in total. The van der Waals surface area contributed by atoms with Crippen LogP contribution in [0, 0.1) is 13.8 Å². The van der Waals surface area contributed by atoms with Gasteiger partial charge in [0.15, 0.2) is 0 Å². The molecule has 0 atom stereocenters. The molecule has 3 rings (SSSR count). The zero-order valence-corrected chi connectivity index (χ0v) is 11.9. The van der Waals surface area contributed by atoms with Crippen LogP contribution in [-0.4, -0.2) is 15.0 Å². The van der Waals surface area contributed by atoms with Gasteiger partial charge in [0, 0.05) is 10.3 Å². The van der Waals surface area contributed by atoms with E-state index < -0.39 is 0 Å². The van der Waals surface area contributed by atoms with E-state index in [1.807, 2.05) is 19.1 Å². The van der Waals surface area contributed by atoms with Crippen molar-refractivity contribution in [2.45, 2.75) is 13.8 Å². The SMILES string of the molecule is Cc1nc(C)c2cc(-c3ccc(Cl)s3)c(=O)[nH]c2n1. The zero-order chi connectivity index (χ0) is 13.6. The monoisotopic (exact) mass is 291 g/mol. The summed E-state index contributed by atoms with van der Waals surface area (Å²) in [5, 5.41) is 0.852. The number of hydrogen-bond donors (Lipinski definition) is 1. The predicted molar refractivity (Wildman–Crippen MR) is 78.0 cm³/mol. The van der Waals surface area contributed by atoms with Gasteiger partial charge in [0.25, 0.3) is 5.56 Å². The molecular weight excluding hydrogens is 282 g/mol. The Morgan fingerprint density at radius 2 is 2.05 bits per heavy atom. The van der Waals surface area contributed by atoms with E-state index in [9.17, 15) is 4.79 Å². The van der Waals surface area contributed by atoms with Crippen LogP contribution >= 0.6 is 22.9 Å². The van der Waals surface area contributed by atoms with Crippen LogP contribution in [0.4, 0.5) is 0 Å². The molecule has 1 N–H and O–H groups in total. The molecule has 0 aliphatic carbocycles. The molecule has 3 aromatic heterocycles. The molecular formula is C13H10ClN3OS. The number of halogens is 1. The lowest BCUT2D eigenvalue weighted by Crippen LogP contribution is -2.10. The number of aromatic nitrogens is 3. The lowest BCUT2D eigenvalue weighted by Gasteiger charge is -2.04. The molecule has 0 aliphatic rings. The molecule has 0 bridgehead atoms. The van der Waals surface area contributed by atoms with Gasteiger partial charge >= 0.3 is 0 Å². The van der Waals surface area contributed by atoms with Gasteiger partial charge in [-0.05, 0) is 32.0 Å². The summed E-state index contributed by atoms with van der Waals surface area (Å²) in [6.07, 6.45) is 0. The molecule has 3 heterocycles. The van der Waals surface area contributed by atoms with Gasteiger partial charge in [0.1, 0.15) is 11.5 Å². The number of rotatable bonds is 1. The van der Waals surface area contributed by atoms with Crippen molar-refractivity contribution in [2.75, 3.05) is 0 Å². The van der Waals surface area contributed by atoms with E-state index in [0.717, 1.165) is 16.0 Å². The van der Waals surface area contributed by atoms with E-state index in [0.29, 0.717) is 21.4 Å². The number of H-pyrrole nitrogens is 1. The van der Waals surface area contributed by atoms with E-state index in [-0.39, 0.29) is 5.56 Å². The molecule has 0 saturated heterocycles. The minimum atomic E-state index is -0.163. The molecule has 96 valence electrons. The van der Waals surface area contributed by atoms with Gasteiger partial charge in [0.2, 0.25) is 0 Å². The summed E-state index contributed by atoms with van der Waals surface area (Å²) in [6.45, 7) is 3.71. The van der Waals surface area contributed by atoms with Gasteiger partial charge in [-0.25, -0.2) is 9.97 Å². The second kappa shape index (κ2) is 4.43. The maximum atomic E-state index is 12.1. The summed E-state index contributed by atoms with van der Waals surface area (Å²) in [4.78, 5) is 24.3. The van der Waals surface area contributed by atoms with E-state index in [1.54, 1.807) is 13.0 Å². The molecule has 0 amide bonds. The average molecular weight is 292 g/mol. The topological polar surface area (TPSA) is 58.6 Å². The highest BCUT2D eigenvalue weighted by molar-refractivity contribution is 7.19. The summed E-state index contributed by atoms with van der Waals surface area (Å²) in [7, 11) is 0. The number of aromatic amines is 1. The second-order valence-electron chi connectivity index (χ2n) is 4.23. The van der Waals surface area contributed by atoms with Crippen LogP contribution in [0.3, 0.4) is 0 Å². The lowest BCUT2D eigenvalue weighted by atomic mass is 10.1. The Morgan fingerprint density at radius 1 is 1.26 bits per heavy atom. The summed E-state index contributed by atoms with van der Waals surface area (Å²) in [5.74, 6) is 0.646. The molecule has 19 heavy (non-hydrogen) atoms. The highest BCUT2D eigenvalue weighted by atomic mass is 35.5. The highest BCUT2D eigenvalue weighted by Crippen LogP contribution is 2.30. The fourth-order valence-electron chi connectivity index (χ4n) is 2.02. The van der Waals surface area contributed by atoms with Gasteiger partial charge in [-0.15, -0.1) is 11.3 Å². The summed E-state index contributed by atoms with van der Waals surface area (Å²) in [5.41, 5.74) is 1.85. The van der Waals surface area contributed by atoms with Crippen molar-refractivity contribution in [1.82, 2.24) is 15.0 Å². The van der Waals surface area contributed by atoms with Crippen molar-refractivity contribution in [3.8, 4) is 10.4 Å². The summed E-state index contributed by atoms with van der Waals surface area (Å²) >= 11 is 7.29. The van der Waals surface area contributed by atoms with Gasteiger partial charge < -0.3 is 4.98 Å². The maximum Gasteiger partial charge on any atom is 0.258 e. The van der Waals surface area contributed by atoms with Crippen LogP contribution in [0.25, 0.3) is 21.5 Å². The van der Waals surface area contributed by atoms with Crippen LogP contribution in [0.15, 0.2) is 23.0 Å². The number of fused-ring (bicyclic) bond motifs is 1. The third-order valence-corrected chi connectivity index (χ3v) is 4.12. The fraction of sp³-hybridized carbons (Fsp3) is 0.154.